The number of nitrogens with zero attached hydrogens (tertiary/aromatic N) is 2. The molecule has 8 nitrogen and oxygen atoms in total. The van der Waals surface area contributed by atoms with E-state index in [0.717, 1.165) is 43.1 Å². The van der Waals surface area contributed by atoms with E-state index in [9.17, 15) is 18.0 Å². The SMILES string of the molecule is O=C(CC1C(=O)Nc2ccccc2N1S(=O)(=O)c1ccc(Cl)c(Cl)c1)NC1CCC(C(c2ccccc2)N2CCCC2)CC1. The van der Waals surface area contributed by atoms with E-state index in [2.05, 4.69) is 45.9 Å². The van der Waals surface area contributed by atoms with Crippen molar-refractivity contribution >= 4 is 56.4 Å². The second-order valence-corrected chi connectivity index (χ2v) is 14.5. The summed E-state index contributed by atoms with van der Waals surface area (Å²) >= 11 is 12.2. The number of hydrogen-bond donors (Lipinski definition) is 2. The van der Waals surface area contributed by atoms with Crippen LogP contribution in [0, 0.1) is 5.92 Å². The van der Waals surface area contributed by atoms with Gasteiger partial charge in [0.1, 0.15) is 6.04 Å². The summed E-state index contributed by atoms with van der Waals surface area (Å²) in [6, 6.07) is 20.4. The maximum Gasteiger partial charge on any atom is 0.265 e. The molecule has 1 saturated carbocycles. The zero-order valence-electron chi connectivity index (χ0n) is 24.3. The number of fused-ring (bicyclic) bond motifs is 1. The minimum Gasteiger partial charge on any atom is -0.353 e. The van der Waals surface area contributed by atoms with Gasteiger partial charge in [0.25, 0.3) is 10.0 Å². The third kappa shape index (κ3) is 6.33. The van der Waals surface area contributed by atoms with Crippen LogP contribution in [-0.2, 0) is 19.6 Å². The number of nitrogens with one attached hydrogen (secondary N) is 2. The fourth-order valence-corrected chi connectivity index (χ4v) is 9.00. The molecular formula is C33H36Cl2N4O4S. The molecule has 2 fully saturated rings. The molecule has 1 saturated heterocycles. The Morgan fingerprint density at radius 1 is 0.909 bits per heavy atom. The summed E-state index contributed by atoms with van der Waals surface area (Å²) in [5.74, 6) is -0.430. The van der Waals surface area contributed by atoms with Gasteiger partial charge in [-0.25, -0.2) is 8.42 Å². The lowest BCUT2D eigenvalue weighted by Gasteiger charge is -2.39. The van der Waals surface area contributed by atoms with Crippen molar-refractivity contribution < 1.29 is 18.0 Å². The Balaban J connectivity index is 1.17. The molecule has 232 valence electrons. The molecule has 2 N–H and O–H groups in total. The topological polar surface area (TPSA) is 98.8 Å². The van der Waals surface area contributed by atoms with Crippen molar-refractivity contribution in [3.63, 3.8) is 0 Å². The molecule has 0 radical (unpaired) electrons. The average molecular weight is 656 g/mol. The van der Waals surface area contributed by atoms with E-state index in [1.54, 1.807) is 24.3 Å². The Hall–Kier alpha value is -3.11. The number of hydrogen-bond acceptors (Lipinski definition) is 5. The van der Waals surface area contributed by atoms with Gasteiger partial charge in [0.15, 0.2) is 0 Å². The van der Waals surface area contributed by atoms with Crippen molar-refractivity contribution in [2.75, 3.05) is 22.7 Å². The Kier molecular flexibility index (Phi) is 9.19. The molecule has 2 aliphatic heterocycles. The van der Waals surface area contributed by atoms with Crippen LogP contribution in [0.5, 0.6) is 0 Å². The van der Waals surface area contributed by atoms with Crippen LogP contribution < -0.4 is 14.9 Å². The predicted octanol–water partition coefficient (Wildman–Crippen LogP) is 6.41. The van der Waals surface area contributed by atoms with Gasteiger partial charge in [0.05, 0.1) is 32.7 Å². The summed E-state index contributed by atoms with van der Waals surface area (Å²) in [6.45, 7) is 2.23. The van der Waals surface area contributed by atoms with Crippen LogP contribution in [0.3, 0.4) is 0 Å². The minimum absolute atomic E-state index is 0.0344. The third-order valence-electron chi connectivity index (χ3n) is 9.07. The van der Waals surface area contributed by atoms with Crippen molar-refractivity contribution in [1.29, 1.82) is 0 Å². The number of para-hydroxylation sites is 2. The maximum absolute atomic E-state index is 14.0. The number of halogens is 2. The summed E-state index contributed by atoms with van der Waals surface area (Å²) in [7, 11) is -4.28. The maximum atomic E-state index is 14.0. The van der Waals surface area contributed by atoms with Crippen LogP contribution >= 0.6 is 23.2 Å². The van der Waals surface area contributed by atoms with Gasteiger partial charge in [0.2, 0.25) is 11.8 Å². The molecular weight excluding hydrogens is 619 g/mol. The van der Waals surface area contributed by atoms with Crippen molar-refractivity contribution in [3.8, 4) is 0 Å². The van der Waals surface area contributed by atoms with Gasteiger partial charge in [-0.1, -0.05) is 65.7 Å². The Bertz CT molecular complexity index is 1620. The first-order valence-electron chi connectivity index (χ1n) is 15.2. The zero-order valence-corrected chi connectivity index (χ0v) is 26.6. The van der Waals surface area contributed by atoms with E-state index < -0.39 is 22.0 Å². The summed E-state index contributed by atoms with van der Waals surface area (Å²) in [4.78, 5) is 29.2. The number of carbonyl (C=O) groups is 2. The van der Waals surface area contributed by atoms with Gasteiger partial charge in [-0.15, -0.1) is 0 Å². The van der Waals surface area contributed by atoms with Gasteiger partial charge in [-0.3, -0.25) is 18.8 Å². The van der Waals surface area contributed by atoms with Crippen LogP contribution in [0.1, 0.15) is 56.6 Å². The zero-order chi connectivity index (χ0) is 30.8. The van der Waals surface area contributed by atoms with Crippen molar-refractivity contribution in [2.24, 2.45) is 5.92 Å². The van der Waals surface area contributed by atoms with Crippen molar-refractivity contribution in [2.45, 2.75) is 68.0 Å². The Morgan fingerprint density at radius 3 is 2.30 bits per heavy atom. The quantitative estimate of drug-likeness (QED) is 0.292. The highest BCUT2D eigenvalue weighted by molar-refractivity contribution is 7.93. The summed E-state index contributed by atoms with van der Waals surface area (Å²) in [5.41, 5.74) is 1.99. The van der Waals surface area contributed by atoms with Gasteiger partial charge in [-0.2, -0.15) is 0 Å². The number of anilines is 2. The van der Waals surface area contributed by atoms with Gasteiger partial charge < -0.3 is 10.6 Å². The lowest BCUT2D eigenvalue weighted by molar-refractivity contribution is -0.126. The third-order valence-corrected chi connectivity index (χ3v) is 11.6. The Labute approximate surface area is 268 Å². The lowest BCUT2D eigenvalue weighted by Crippen LogP contribution is -2.53. The number of carbonyl (C=O) groups excluding carboxylic acids is 2. The molecule has 44 heavy (non-hydrogen) atoms. The van der Waals surface area contributed by atoms with Crippen LogP contribution in [0.25, 0.3) is 0 Å². The molecule has 2 unspecified atom stereocenters. The highest BCUT2D eigenvalue weighted by Crippen LogP contribution is 2.41. The lowest BCUT2D eigenvalue weighted by atomic mass is 9.78. The smallest absolute Gasteiger partial charge is 0.265 e. The van der Waals surface area contributed by atoms with Crippen LogP contribution in [-0.4, -0.2) is 50.3 Å². The molecule has 3 aliphatic rings. The molecule has 3 aromatic carbocycles. The summed E-state index contributed by atoms with van der Waals surface area (Å²) < 4.78 is 29.0. The highest BCUT2D eigenvalue weighted by Gasteiger charge is 2.42. The van der Waals surface area contributed by atoms with E-state index in [0.29, 0.717) is 17.6 Å². The van der Waals surface area contributed by atoms with Gasteiger partial charge >= 0.3 is 0 Å². The molecule has 2 atom stereocenters. The first-order valence-corrected chi connectivity index (χ1v) is 17.4. The molecule has 0 spiro atoms. The second-order valence-electron chi connectivity index (χ2n) is 11.9. The number of benzene rings is 3. The van der Waals surface area contributed by atoms with E-state index in [1.807, 2.05) is 0 Å². The summed E-state index contributed by atoms with van der Waals surface area (Å²) in [6.07, 6.45) is 5.77. The first kappa shape index (κ1) is 30.9. The van der Waals surface area contributed by atoms with Crippen LogP contribution in [0.4, 0.5) is 11.4 Å². The van der Waals surface area contributed by atoms with Crippen LogP contribution in [0.2, 0.25) is 10.0 Å². The van der Waals surface area contributed by atoms with E-state index in [1.165, 1.54) is 36.6 Å². The van der Waals surface area contributed by atoms with E-state index in [-0.39, 0.29) is 39.0 Å². The summed E-state index contributed by atoms with van der Waals surface area (Å²) in [5, 5.41) is 6.18. The van der Waals surface area contributed by atoms with Crippen LogP contribution in [0.15, 0.2) is 77.7 Å². The van der Waals surface area contributed by atoms with Gasteiger partial charge in [-0.05, 0) is 93.4 Å². The molecule has 11 heteroatoms. The van der Waals surface area contributed by atoms with Crippen molar-refractivity contribution in [1.82, 2.24) is 10.2 Å². The molecule has 0 bridgehead atoms. The fraction of sp³-hybridized carbons (Fsp3) is 0.394. The molecule has 2 amide bonds. The minimum atomic E-state index is -4.28. The first-order chi connectivity index (χ1) is 21.2. The molecule has 6 rings (SSSR count). The normalized spacial score (nSPS) is 23.1. The molecule has 3 aromatic rings. The number of likely N-dealkylation sites (tertiary alicyclic amines) is 1. The van der Waals surface area contributed by atoms with E-state index >= 15 is 0 Å². The number of sulfonamides is 1. The number of amides is 2. The standard InChI is InChI=1S/C33H36Cl2N4O4S/c34-26-17-16-25(20-27(26)35)44(42,43)39-29-11-5-4-10-28(29)37-33(41)30(39)21-31(40)36-24-14-12-23(13-15-24)32(38-18-6-7-19-38)22-8-2-1-3-9-22/h1-5,8-11,16-17,20,23-24,30,32H,6-7,12-15,18-19,21H2,(H,36,40)(H,37,41). The molecule has 1 aliphatic carbocycles. The number of rotatable bonds is 8. The predicted molar refractivity (Wildman–Crippen MR) is 173 cm³/mol. The van der Waals surface area contributed by atoms with E-state index in [4.69, 9.17) is 23.2 Å². The Morgan fingerprint density at radius 2 is 1.59 bits per heavy atom. The molecule has 2 heterocycles. The highest BCUT2D eigenvalue weighted by atomic mass is 35.5. The van der Waals surface area contributed by atoms with Crippen molar-refractivity contribution in [3.05, 3.63) is 88.4 Å². The second kappa shape index (κ2) is 13.1. The largest absolute Gasteiger partial charge is 0.353 e. The fourth-order valence-electron chi connectivity index (χ4n) is 6.98. The molecule has 0 aromatic heterocycles. The average Bonchev–Trinajstić information content (AvgIpc) is 3.55. The monoisotopic (exact) mass is 654 g/mol. The van der Waals surface area contributed by atoms with Gasteiger partial charge in [0, 0.05) is 12.1 Å².